The van der Waals surface area contributed by atoms with E-state index in [0.29, 0.717) is 74.6 Å². The van der Waals surface area contributed by atoms with Crippen LogP contribution in [0.5, 0.6) is 0 Å². The number of nitrogens with zero attached hydrogens (tertiary/aromatic N) is 4. The minimum Gasteiger partial charge on any atom is -0.310 e. The van der Waals surface area contributed by atoms with Crippen LogP contribution in [0, 0.1) is 0 Å². The normalized spacial score (nSPS) is 22.6. The molecule has 8 heteroatoms. The van der Waals surface area contributed by atoms with E-state index in [1.54, 1.807) is 19.6 Å². The van der Waals surface area contributed by atoms with Crippen LogP contribution in [0.2, 0.25) is 0 Å². The standard InChI is InChI=1S/C26H34N4O4/c31-23-9-1-5-13-27(23)19-17-21(29-15-7-3-11-25(29)33)22(30-16-8-4-12-26(30)34)18-20(19)28-14-6-2-10-24(28)32/h17-18H,1-16H2. The van der Waals surface area contributed by atoms with Crippen molar-refractivity contribution in [2.45, 2.75) is 77.0 Å². The second-order valence-electron chi connectivity index (χ2n) is 9.84. The summed E-state index contributed by atoms with van der Waals surface area (Å²) in [5.41, 5.74) is 2.78. The molecule has 0 spiro atoms. The molecule has 4 fully saturated rings. The highest BCUT2D eigenvalue weighted by Crippen LogP contribution is 2.44. The van der Waals surface area contributed by atoms with Crippen LogP contribution in [0.25, 0.3) is 0 Å². The summed E-state index contributed by atoms with van der Waals surface area (Å²) in [4.78, 5) is 59.1. The summed E-state index contributed by atoms with van der Waals surface area (Å²) in [6.07, 6.45) is 9.03. The topological polar surface area (TPSA) is 81.2 Å². The Morgan fingerprint density at radius 1 is 0.382 bits per heavy atom. The van der Waals surface area contributed by atoms with E-state index in [2.05, 4.69) is 0 Å². The van der Waals surface area contributed by atoms with Crippen LogP contribution < -0.4 is 19.6 Å². The predicted octanol–water partition coefficient (Wildman–Crippen LogP) is 3.75. The Balaban J connectivity index is 1.69. The summed E-state index contributed by atoms with van der Waals surface area (Å²) in [5, 5.41) is 0. The number of anilines is 4. The van der Waals surface area contributed by atoms with Crippen LogP contribution in [-0.2, 0) is 19.2 Å². The van der Waals surface area contributed by atoms with Gasteiger partial charge in [0.25, 0.3) is 0 Å². The van der Waals surface area contributed by atoms with E-state index < -0.39 is 0 Å². The molecular weight excluding hydrogens is 432 g/mol. The molecule has 34 heavy (non-hydrogen) atoms. The molecular formula is C26H34N4O4. The van der Waals surface area contributed by atoms with E-state index in [4.69, 9.17) is 0 Å². The van der Waals surface area contributed by atoms with Crippen molar-refractivity contribution in [3.05, 3.63) is 12.1 Å². The van der Waals surface area contributed by atoms with Crippen LogP contribution in [0.1, 0.15) is 77.0 Å². The summed E-state index contributed by atoms with van der Waals surface area (Å²) in [6.45, 7) is 2.40. The van der Waals surface area contributed by atoms with Crippen molar-refractivity contribution in [1.82, 2.24) is 0 Å². The molecule has 8 nitrogen and oxygen atoms in total. The fraction of sp³-hybridized carbons (Fsp3) is 0.615. The molecule has 0 aromatic heterocycles. The first kappa shape index (κ1) is 22.9. The third-order valence-corrected chi connectivity index (χ3v) is 7.53. The number of carbonyl (C=O) groups excluding carboxylic acids is 4. The monoisotopic (exact) mass is 466 g/mol. The number of hydrogen-bond acceptors (Lipinski definition) is 4. The molecule has 0 saturated carbocycles. The Kier molecular flexibility index (Phi) is 6.57. The molecule has 4 saturated heterocycles. The Morgan fingerprint density at radius 2 is 0.618 bits per heavy atom. The molecule has 182 valence electrons. The van der Waals surface area contributed by atoms with E-state index in [0.717, 1.165) is 51.4 Å². The first-order chi connectivity index (χ1) is 16.5. The van der Waals surface area contributed by atoms with Crippen molar-refractivity contribution in [2.24, 2.45) is 0 Å². The number of amides is 4. The smallest absolute Gasteiger partial charge is 0.227 e. The molecule has 0 N–H and O–H groups in total. The Hall–Kier alpha value is -2.90. The zero-order valence-electron chi connectivity index (χ0n) is 19.9. The largest absolute Gasteiger partial charge is 0.310 e. The summed E-state index contributed by atoms with van der Waals surface area (Å²) in [6, 6.07) is 3.84. The highest BCUT2D eigenvalue weighted by Gasteiger charge is 2.34. The second kappa shape index (κ2) is 9.76. The minimum absolute atomic E-state index is 0.0506. The quantitative estimate of drug-likeness (QED) is 0.677. The van der Waals surface area contributed by atoms with E-state index in [1.165, 1.54) is 0 Å². The average Bonchev–Trinajstić information content (AvgIpc) is 2.85. The summed E-state index contributed by atoms with van der Waals surface area (Å²) in [5.74, 6) is 0.203. The van der Waals surface area contributed by atoms with Crippen LogP contribution in [0.15, 0.2) is 12.1 Å². The van der Waals surface area contributed by atoms with Gasteiger partial charge in [0.2, 0.25) is 23.6 Å². The summed E-state index contributed by atoms with van der Waals surface area (Å²) in [7, 11) is 0. The van der Waals surface area contributed by atoms with Gasteiger partial charge in [0.15, 0.2) is 0 Å². The molecule has 0 radical (unpaired) electrons. The van der Waals surface area contributed by atoms with Gasteiger partial charge in [-0.05, 0) is 63.5 Å². The van der Waals surface area contributed by atoms with Gasteiger partial charge in [-0.1, -0.05) is 0 Å². The van der Waals surface area contributed by atoms with Gasteiger partial charge >= 0.3 is 0 Å². The maximum atomic E-state index is 13.0. The van der Waals surface area contributed by atoms with Crippen molar-refractivity contribution in [1.29, 1.82) is 0 Å². The molecule has 1 aromatic rings. The SMILES string of the molecule is O=C1CCCCN1c1cc(N2CCCCC2=O)c(N2CCCCC2=O)cc1N1CCCCC1=O. The first-order valence-corrected chi connectivity index (χ1v) is 12.9. The Labute approximate surface area is 200 Å². The number of benzene rings is 1. The number of piperidine rings is 4. The van der Waals surface area contributed by atoms with Gasteiger partial charge in [-0.2, -0.15) is 0 Å². The second-order valence-corrected chi connectivity index (χ2v) is 9.84. The van der Waals surface area contributed by atoms with E-state index >= 15 is 0 Å². The van der Waals surface area contributed by atoms with Crippen molar-refractivity contribution >= 4 is 46.4 Å². The van der Waals surface area contributed by atoms with Gasteiger partial charge in [-0.25, -0.2) is 0 Å². The van der Waals surface area contributed by atoms with Gasteiger partial charge in [0, 0.05) is 51.9 Å². The molecule has 4 amide bonds. The first-order valence-electron chi connectivity index (χ1n) is 12.9. The predicted molar refractivity (Wildman–Crippen MR) is 131 cm³/mol. The highest BCUT2D eigenvalue weighted by molar-refractivity contribution is 6.09. The van der Waals surface area contributed by atoms with Gasteiger partial charge in [-0.15, -0.1) is 0 Å². The lowest BCUT2D eigenvalue weighted by atomic mass is 10.0. The Morgan fingerprint density at radius 3 is 0.824 bits per heavy atom. The third-order valence-electron chi connectivity index (χ3n) is 7.53. The fourth-order valence-corrected chi connectivity index (χ4v) is 5.66. The molecule has 4 aliphatic heterocycles. The van der Waals surface area contributed by atoms with Gasteiger partial charge in [0.1, 0.15) is 0 Å². The van der Waals surface area contributed by atoms with Crippen LogP contribution in [-0.4, -0.2) is 49.8 Å². The highest BCUT2D eigenvalue weighted by atomic mass is 16.2. The lowest BCUT2D eigenvalue weighted by Gasteiger charge is -2.39. The zero-order chi connectivity index (χ0) is 23.7. The van der Waals surface area contributed by atoms with Crippen LogP contribution in [0.4, 0.5) is 22.7 Å². The molecule has 4 aliphatic rings. The molecule has 0 bridgehead atoms. The van der Waals surface area contributed by atoms with Crippen molar-refractivity contribution in [3.63, 3.8) is 0 Å². The lowest BCUT2D eigenvalue weighted by Crippen LogP contribution is -2.42. The molecule has 0 atom stereocenters. The van der Waals surface area contributed by atoms with Crippen LogP contribution in [0.3, 0.4) is 0 Å². The molecule has 5 rings (SSSR count). The molecule has 4 heterocycles. The van der Waals surface area contributed by atoms with Gasteiger partial charge in [0.05, 0.1) is 22.7 Å². The van der Waals surface area contributed by atoms with E-state index in [-0.39, 0.29) is 23.6 Å². The Bertz CT molecular complexity index is 853. The zero-order valence-corrected chi connectivity index (χ0v) is 19.9. The summed E-state index contributed by atoms with van der Waals surface area (Å²) < 4.78 is 0. The molecule has 1 aromatic carbocycles. The van der Waals surface area contributed by atoms with Gasteiger partial charge < -0.3 is 19.6 Å². The molecule has 0 unspecified atom stereocenters. The fourth-order valence-electron chi connectivity index (χ4n) is 5.66. The van der Waals surface area contributed by atoms with Crippen molar-refractivity contribution < 1.29 is 19.2 Å². The van der Waals surface area contributed by atoms with Crippen LogP contribution >= 0.6 is 0 Å². The van der Waals surface area contributed by atoms with Crippen molar-refractivity contribution in [3.8, 4) is 0 Å². The third kappa shape index (κ3) is 4.30. The number of rotatable bonds is 4. The lowest BCUT2D eigenvalue weighted by molar-refractivity contribution is -0.120. The maximum Gasteiger partial charge on any atom is 0.227 e. The maximum absolute atomic E-state index is 13.0. The minimum atomic E-state index is 0.0506. The number of carbonyl (C=O) groups is 4. The molecule has 0 aliphatic carbocycles. The number of hydrogen-bond donors (Lipinski definition) is 0. The van der Waals surface area contributed by atoms with E-state index in [1.807, 2.05) is 12.1 Å². The summed E-state index contributed by atoms with van der Waals surface area (Å²) >= 11 is 0. The van der Waals surface area contributed by atoms with E-state index in [9.17, 15) is 19.2 Å². The van der Waals surface area contributed by atoms with Gasteiger partial charge in [-0.3, -0.25) is 19.2 Å². The average molecular weight is 467 g/mol. The van der Waals surface area contributed by atoms with Crippen molar-refractivity contribution in [2.75, 3.05) is 45.8 Å².